The van der Waals surface area contributed by atoms with Crippen LogP contribution in [0.4, 0.5) is 0 Å². The minimum atomic E-state index is -3.63. The first kappa shape index (κ1) is 18.8. The minimum absolute atomic E-state index is 0.0888. The Kier molecular flexibility index (Phi) is 4.51. The standard InChI is InChI=1S/C21H26N4O3S/c1-15-6-4-5-11-24(15)21(26)20-18-13-23(12-16-9-10-16)29(27,28)19-8-3-2-7-17(19)25(18)14-22-20/h2-3,7-8,14-16H,4-6,9-13H2,1H3. The van der Waals surface area contributed by atoms with Crippen molar-refractivity contribution >= 4 is 15.9 Å². The van der Waals surface area contributed by atoms with Gasteiger partial charge in [-0.15, -0.1) is 0 Å². The van der Waals surface area contributed by atoms with Gasteiger partial charge in [0.05, 0.1) is 17.9 Å². The SMILES string of the molecule is CC1CCCCN1C(=O)c1ncn2c1CN(CC1CC1)S(=O)(=O)c1ccccc1-2. The lowest BCUT2D eigenvalue weighted by molar-refractivity contribution is 0.0628. The van der Waals surface area contributed by atoms with Gasteiger partial charge in [-0.3, -0.25) is 9.36 Å². The Morgan fingerprint density at radius 1 is 1.17 bits per heavy atom. The fourth-order valence-corrected chi connectivity index (χ4v) is 6.12. The van der Waals surface area contributed by atoms with Crippen molar-refractivity contribution in [3.05, 3.63) is 42.0 Å². The van der Waals surface area contributed by atoms with Gasteiger partial charge in [-0.25, -0.2) is 13.4 Å². The highest BCUT2D eigenvalue weighted by molar-refractivity contribution is 7.89. The third-order valence-electron chi connectivity index (χ3n) is 6.36. The smallest absolute Gasteiger partial charge is 0.274 e. The van der Waals surface area contributed by atoms with Gasteiger partial charge in [0.1, 0.15) is 11.2 Å². The molecule has 1 atom stereocenters. The maximum Gasteiger partial charge on any atom is 0.274 e. The van der Waals surface area contributed by atoms with Gasteiger partial charge in [-0.2, -0.15) is 4.31 Å². The minimum Gasteiger partial charge on any atom is -0.335 e. The zero-order valence-corrected chi connectivity index (χ0v) is 17.4. The molecule has 1 aromatic heterocycles. The Balaban J connectivity index is 1.61. The van der Waals surface area contributed by atoms with Crippen molar-refractivity contribution in [3.8, 4) is 5.69 Å². The maximum atomic E-state index is 13.4. The number of carbonyl (C=O) groups excluding carboxylic acids is 1. The monoisotopic (exact) mass is 414 g/mol. The Morgan fingerprint density at radius 3 is 2.72 bits per heavy atom. The number of piperidine rings is 1. The van der Waals surface area contributed by atoms with Crippen LogP contribution in [-0.2, 0) is 16.6 Å². The molecule has 2 fully saturated rings. The molecule has 5 rings (SSSR count). The second kappa shape index (κ2) is 6.95. The lowest BCUT2D eigenvalue weighted by Gasteiger charge is -2.33. The normalized spacial score (nSPS) is 23.9. The van der Waals surface area contributed by atoms with E-state index in [-0.39, 0.29) is 23.4 Å². The van der Waals surface area contributed by atoms with Crippen molar-refractivity contribution < 1.29 is 13.2 Å². The van der Waals surface area contributed by atoms with Crippen LogP contribution >= 0.6 is 0 Å². The highest BCUT2D eigenvalue weighted by Crippen LogP contribution is 2.36. The molecule has 3 aliphatic rings. The summed E-state index contributed by atoms with van der Waals surface area (Å²) < 4.78 is 30.1. The van der Waals surface area contributed by atoms with Crippen LogP contribution in [0.5, 0.6) is 0 Å². The third-order valence-corrected chi connectivity index (χ3v) is 8.22. The number of amides is 1. The Hall–Kier alpha value is -2.19. The molecular formula is C21H26N4O3S. The van der Waals surface area contributed by atoms with E-state index < -0.39 is 10.0 Å². The molecule has 154 valence electrons. The summed E-state index contributed by atoms with van der Waals surface area (Å²) in [5.41, 5.74) is 1.62. The largest absolute Gasteiger partial charge is 0.335 e. The molecule has 8 heteroatoms. The van der Waals surface area contributed by atoms with Crippen molar-refractivity contribution in [2.24, 2.45) is 5.92 Å². The number of hydrogen-bond donors (Lipinski definition) is 0. The van der Waals surface area contributed by atoms with Crippen LogP contribution in [0.2, 0.25) is 0 Å². The number of carbonyl (C=O) groups is 1. The quantitative estimate of drug-likeness (QED) is 0.774. The fraction of sp³-hybridized carbons (Fsp3) is 0.524. The zero-order chi connectivity index (χ0) is 20.2. The van der Waals surface area contributed by atoms with Gasteiger partial charge < -0.3 is 4.90 Å². The molecule has 0 N–H and O–H groups in total. The molecule has 0 bridgehead atoms. The van der Waals surface area contributed by atoms with E-state index in [0.29, 0.717) is 29.5 Å². The van der Waals surface area contributed by atoms with Crippen LogP contribution in [0.25, 0.3) is 5.69 Å². The van der Waals surface area contributed by atoms with Gasteiger partial charge in [0, 0.05) is 19.1 Å². The zero-order valence-electron chi connectivity index (χ0n) is 16.6. The highest BCUT2D eigenvalue weighted by atomic mass is 32.2. The van der Waals surface area contributed by atoms with Crippen molar-refractivity contribution in [2.75, 3.05) is 13.1 Å². The molecule has 1 unspecified atom stereocenters. The lowest BCUT2D eigenvalue weighted by Crippen LogP contribution is -2.42. The van der Waals surface area contributed by atoms with Crippen LogP contribution in [0.15, 0.2) is 35.5 Å². The Labute approximate surface area is 171 Å². The molecule has 1 amide bonds. The molecule has 3 heterocycles. The predicted octanol–water partition coefficient (Wildman–Crippen LogP) is 2.80. The molecule has 1 saturated carbocycles. The molecule has 29 heavy (non-hydrogen) atoms. The van der Waals surface area contributed by atoms with Crippen LogP contribution in [-0.4, -0.2) is 52.2 Å². The summed E-state index contributed by atoms with van der Waals surface area (Å²) in [5.74, 6) is 0.321. The van der Waals surface area contributed by atoms with Gasteiger partial charge in [0.25, 0.3) is 5.91 Å². The number of hydrogen-bond acceptors (Lipinski definition) is 4. The first-order valence-electron chi connectivity index (χ1n) is 10.4. The average molecular weight is 415 g/mol. The van der Waals surface area contributed by atoms with E-state index >= 15 is 0 Å². The van der Waals surface area contributed by atoms with Gasteiger partial charge >= 0.3 is 0 Å². The molecule has 0 spiro atoms. The number of imidazole rings is 1. The highest BCUT2D eigenvalue weighted by Gasteiger charge is 2.38. The number of fused-ring (bicyclic) bond motifs is 3. The number of para-hydroxylation sites is 1. The first-order valence-corrected chi connectivity index (χ1v) is 11.9. The summed E-state index contributed by atoms with van der Waals surface area (Å²) in [5, 5.41) is 0. The lowest BCUT2D eigenvalue weighted by atomic mass is 10.0. The van der Waals surface area contributed by atoms with Crippen LogP contribution < -0.4 is 0 Å². The number of benzene rings is 1. The number of rotatable bonds is 3. The molecule has 1 aromatic carbocycles. The van der Waals surface area contributed by atoms with E-state index in [1.807, 2.05) is 11.0 Å². The number of sulfonamides is 1. The maximum absolute atomic E-state index is 13.4. The van der Waals surface area contributed by atoms with Crippen LogP contribution in [0, 0.1) is 5.92 Å². The van der Waals surface area contributed by atoms with Gasteiger partial charge in [-0.1, -0.05) is 12.1 Å². The number of nitrogens with zero attached hydrogens (tertiary/aromatic N) is 4. The summed E-state index contributed by atoms with van der Waals surface area (Å²) in [6.07, 6.45) is 6.84. The third kappa shape index (κ3) is 3.18. The molecule has 2 aliphatic heterocycles. The summed E-state index contributed by atoms with van der Waals surface area (Å²) >= 11 is 0. The van der Waals surface area contributed by atoms with E-state index in [0.717, 1.165) is 38.6 Å². The van der Waals surface area contributed by atoms with Gasteiger partial charge in [0.15, 0.2) is 5.69 Å². The van der Waals surface area contributed by atoms with Gasteiger partial charge in [0.2, 0.25) is 10.0 Å². The molecule has 1 saturated heterocycles. The van der Waals surface area contributed by atoms with E-state index in [1.54, 1.807) is 33.4 Å². The fourth-order valence-electron chi connectivity index (χ4n) is 4.46. The molecule has 2 aromatic rings. The van der Waals surface area contributed by atoms with Crippen molar-refractivity contribution in [3.63, 3.8) is 0 Å². The van der Waals surface area contributed by atoms with Crippen LogP contribution in [0.1, 0.15) is 55.2 Å². The topological polar surface area (TPSA) is 75.5 Å². The van der Waals surface area contributed by atoms with E-state index in [9.17, 15) is 13.2 Å². The predicted molar refractivity (Wildman–Crippen MR) is 108 cm³/mol. The Bertz CT molecular complexity index is 1060. The molecule has 0 radical (unpaired) electrons. The first-order chi connectivity index (χ1) is 14.0. The Morgan fingerprint density at radius 2 is 1.97 bits per heavy atom. The second-order valence-corrected chi connectivity index (χ2v) is 10.4. The number of aromatic nitrogens is 2. The second-order valence-electron chi connectivity index (χ2n) is 8.46. The van der Waals surface area contributed by atoms with E-state index in [2.05, 4.69) is 11.9 Å². The van der Waals surface area contributed by atoms with E-state index in [1.165, 1.54) is 0 Å². The number of likely N-dealkylation sites (tertiary alicyclic amines) is 1. The van der Waals surface area contributed by atoms with Crippen LogP contribution in [0.3, 0.4) is 0 Å². The van der Waals surface area contributed by atoms with E-state index in [4.69, 9.17) is 0 Å². The summed E-state index contributed by atoms with van der Waals surface area (Å²) in [7, 11) is -3.63. The summed E-state index contributed by atoms with van der Waals surface area (Å²) in [6.45, 7) is 3.48. The summed E-state index contributed by atoms with van der Waals surface area (Å²) in [6, 6.07) is 7.18. The average Bonchev–Trinajstić information content (AvgIpc) is 3.45. The van der Waals surface area contributed by atoms with Crippen molar-refractivity contribution in [1.82, 2.24) is 18.8 Å². The molecular weight excluding hydrogens is 388 g/mol. The van der Waals surface area contributed by atoms with Gasteiger partial charge in [-0.05, 0) is 57.1 Å². The van der Waals surface area contributed by atoms with Crippen molar-refractivity contribution in [2.45, 2.75) is 56.5 Å². The van der Waals surface area contributed by atoms with Crippen molar-refractivity contribution in [1.29, 1.82) is 0 Å². The molecule has 7 nitrogen and oxygen atoms in total. The summed E-state index contributed by atoms with van der Waals surface area (Å²) in [4.78, 5) is 20.0. The molecule has 1 aliphatic carbocycles.